The van der Waals surface area contributed by atoms with E-state index in [1.165, 1.54) is 31.2 Å². The van der Waals surface area contributed by atoms with Gasteiger partial charge in [0.1, 0.15) is 17.2 Å². The van der Waals surface area contributed by atoms with Crippen LogP contribution in [0.5, 0.6) is 0 Å². The number of hydrogen-bond donors (Lipinski definition) is 1. The number of esters is 1. The van der Waals surface area contributed by atoms with Gasteiger partial charge >= 0.3 is 18.0 Å². The quantitative estimate of drug-likeness (QED) is 0.467. The lowest BCUT2D eigenvalue weighted by atomic mass is 9.98. The average Bonchev–Trinajstić information content (AvgIpc) is 2.91. The van der Waals surface area contributed by atoms with Crippen LogP contribution < -0.4 is 0 Å². The molecule has 0 bridgehead atoms. The summed E-state index contributed by atoms with van der Waals surface area (Å²) in [5.41, 5.74) is -2.50. The van der Waals surface area contributed by atoms with Crippen LogP contribution in [0, 0.1) is 10.1 Å². The molecule has 1 aromatic carbocycles. The first-order valence-electron chi connectivity index (χ1n) is 8.53. The van der Waals surface area contributed by atoms with Gasteiger partial charge in [-0.05, 0) is 39.8 Å². The van der Waals surface area contributed by atoms with Crippen molar-refractivity contribution in [3.63, 3.8) is 0 Å². The Labute approximate surface area is 161 Å². The summed E-state index contributed by atoms with van der Waals surface area (Å²) < 4.78 is 10.6. The number of aliphatic carboxylic acids is 1. The number of nitrogens with zero attached hydrogens (tertiary/aromatic N) is 2. The SMILES string of the molecule is CC(C)(C)OC(=O)N1C[C@@H](OC(=O)c2ccc([N+](=O)[O-])cc2)C[C@@]1(C)C(=O)O. The number of non-ortho nitro benzene ring substituents is 1. The Morgan fingerprint density at radius 2 is 1.82 bits per heavy atom. The van der Waals surface area contributed by atoms with Crippen LogP contribution >= 0.6 is 0 Å². The number of carbonyl (C=O) groups is 3. The summed E-state index contributed by atoms with van der Waals surface area (Å²) in [7, 11) is 0. The van der Waals surface area contributed by atoms with Crippen molar-refractivity contribution in [1.29, 1.82) is 0 Å². The van der Waals surface area contributed by atoms with Gasteiger partial charge < -0.3 is 14.6 Å². The van der Waals surface area contributed by atoms with E-state index in [1.807, 2.05) is 0 Å². The Hall–Kier alpha value is -3.17. The van der Waals surface area contributed by atoms with Gasteiger partial charge in [0, 0.05) is 18.6 Å². The summed E-state index contributed by atoms with van der Waals surface area (Å²) in [5.74, 6) is -2.01. The van der Waals surface area contributed by atoms with Crippen molar-refractivity contribution in [3.05, 3.63) is 39.9 Å². The highest BCUT2D eigenvalue weighted by Crippen LogP contribution is 2.33. The van der Waals surface area contributed by atoms with Gasteiger partial charge in [-0.25, -0.2) is 14.4 Å². The van der Waals surface area contributed by atoms with Gasteiger partial charge in [-0.1, -0.05) is 0 Å². The highest BCUT2D eigenvalue weighted by Gasteiger charge is 2.52. The molecular formula is C18H22N2O8. The molecule has 1 aliphatic heterocycles. The highest BCUT2D eigenvalue weighted by atomic mass is 16.6. The van der Waals surface area contributed by atoms with E-state index < -0.39 is 40.2 Å². The Bertz CT molecular complexity index is 799. The van der Waals surface area contributed by atoms with E-state index in [4.69, 9.17) is 9.47 Å². The van der Waals surface area contributed by atoms with E-state index in [9.17, 15) is 29.6 Å². The molecule has 0 aliphatic carbocycles. The smallest absolute Gasteiger partial charge is 0.411 e. The second-order valence-electron chi connectivity index (χ2n) is 7.71. The summed E-state index contributed by atoms with van der Waals surface area (Å²) in [4.78, 5) is 47.6. The van der Waals surface area contributed by atoms with Crippen molar-refractivity contribution in [2.45, 2.75) is 51.4 Å². The molecule has 1 aromatic rings. The molecule has 1 fully saturated rings. The number of nitro benzene ring substituents is 1. The summed E-state index contributed by atoms with van der Waals surface area (Å²) in [6.45, 7) is 6.19. The molecule has 0 aromatic heterocycles. The topological polar surface area (TPSA) is 136 Å². The predicted molar refractivity (Wildman–Crippen MR) is 95.9 cm³/mol. The van der Waals surface area contributed by atoms with Crippen LogP contribution in [-0.4, -0.2) is 56.8 Å². The lowest BCUT2D eigenvalue weighted by Gasteiger charge is -2.32. The zero-order valence-electron chi connectivity index (χ0n) is 16.0. The third kappa shape index (κ3) is 4.56. The minimum atomic E-state index is -1.59. The van der Waals surface area contributed by atoms with Crippen molar-refractivity contribution in [3.8, 4) is 0 Å². The zero-order valence-corrected chi connectivity index (χ0v) is 16.0. The maximum Gasteiger partial charge on any atom is 0.411 e. The van der Waals surface area contributed by atoms with E-state index in [-0.39, 0.29) is 24.2 Å². The fourth-order valence-electron chi connectivity index (χ4n) is 2.84. The molecule has 152 valence electrons. The molecule has 1 amide bonds. The number of nitro groups is 1. The van der Waals surface area contributed by atoms with Gasteiger partial charge in [0.05, 0.1) is 17.0 Å². The van der Waals surface area contributed by atoms with Gasteiger partial charge in [-0.3, -0.25) is 15.0 Å². The first kappa shape index (κ1) is 21.1. The molecule has 0 radical (unpaired) electrons. The van der Waals surface area contributed by atoms with E-state index in [0.717, 1.165) is 4.90 Å². The lowest BCUT2D eigenvalue weighted by molar-refractivity contribution is -0.384. The number of carbonyl (C=O) groups excluding carboxylic acids is 2. The second kappa shape index (κ2) is 7.45. The fraction of sp³-hybridized carbons (Fsp3) is 0.500. The van der Waals surface area contributed by atoms with Gasteiger partial charge in [0.2, 0.25) is 0 Å². The molecule has 0 saturated carbocycles. The number of rotatable bonds is 4. The Morgan fingerprint density at radius 1 is 1.25 bits per heavy atom. The van der Waals surface area contributed by atoms with Crippen LogP contribution in [0.1, 0.15) is 44.5 Å². The largest absolute Gasteiger partial charge is 0.480 e. The van der Waals surface area contributed by atoms with Crippen molar-refractivity contribution in [1.82, 2.24) is 4.90 Å². The summed E-state index contributed by atoms with van der Waals surface area (Å²) in [6, 6.07) is 4.83. The molecule has 2 atom stereocenters. The van der Waals surface area contributed by atoms with Crippen molar-refractivity contribution in [2.24, 2.45) is 0 Å². The maximum atomic E-state index is 12.4. The number of hydrogen-bond acceptors (Lipinski definition) is 7. The Balaban J connectivity index is 2.14. The molecule has 2 rings (SSSR count). The van der Waals surface area contributed by atoms with E-state index in [2.05, 4.69) is 0 Å². The second-order valence-corrected chi connectivity index (χ2v) is 7.71. The van der Waals surface area contributed by atoms with Crippen LogP contribution in [0.25, 0.3) is 0 Å². The lowest BCUT2D eigenvalue weighted by Crippen LogP contribution is -2.52. The van der Waals surface area contributed by atoms with Crippen molar-refractivity contribution < 1.29 is 33.9 Å². The highest BCUT2D eigenvalue weighted by molar-refractivity contribution is 5.90. The molecule has 0 unspecified atom stereocenters. The third-order valence-electron chi connectivity index (χ3n) is 4.27. The van der Waals surface area contributed by atoms with Crippen molar-refractivity contribution >= 4 is 23.7 Å². The van der Waals surface area contributed by atoms with E-state index in [0.29, 0.717) is 0 Å². The number of carboxylic acids is 1. The number of ether oxygens (including phenoxy) is 2. The van der Waals surface area contributed by atoms with Crippen LogP contribution in [0.15, 0.2) is 24.3 Å². The van der Waals surface area contributed by atoms with E-state index in [1.54, 1.807) is 20.8 Å². The summed E-state index contributed by atoms with van der Waals surface area (Å²) >= 11 is 0. The number of likely N-dealkylation sites (tertiary alicyclic amines) is 1. The third-order valence-corrected chi connectivity index (χ3v) is 4.27. The first-order valence-corrected chi connectivity index (χ1v) is 8.53. The predicted octanol–water partition coefficient (Wildman–Crippen LogP) is 2.60. The van der Waals surface area contributed by atoms with Gasteiger partial charge in [-0.15, -0.1) is 0 Å². The molecule has 1 N–H and O–H groups in total. The molecule has 28 heavy (non-hydrogen) atoms. The van der Waals surface area contributed by atoms with Crippen LogP contribution in [0.3, 0.4) is 0 Å². The minimum Gasteiger partial charge on any atom is -0.480 e. The molecule has 1 heterocycles. The molecule has 1 aliphatic rings. The molecular weight excluding hydrogens is 372 g/mol. The maximum absolute atomic E-state index is 12.4. The standard InChI is InChI=1S/C18H22N2O8/c1-17(2,3)28-16(24)19-10-13(9-18(19,4)15(22)23)27-14(21)11-5-7-12(8-6-11)20(25)26/h5-8,13H,9-10H2,1-4H3,(H,22,23)/t13-,18-/m0/s1. The Kier molecular flexibility index (Phi) is 5.62. The zero-order chi connectivity index (χ0) is 21.3. The monoisotopic (exact) mass is 394 g/mol. The number of amides is 1. The van der Waals surface area contributed by atoms with Gasteiger partial charge in [-0.2, -0.15) is 0 Å². The average molecular weight is 394 g/mol. The van der Waals surface area contributed by atoms with Gasteiger partial charge in [0.15, 0.2) is 0 Å². The normalized spacial score (nSPS) is 21.9. The van der Waals surface area contributed by atoms with Crippen LogP contribution in [0.4, 0.5) is 10.5 Å². The minimum absolute atomic E-state index is 0.0818. The van der Waals surface area contributed by atoms with Crippen LogP contribution in [0.2, 0.25) is 0 Å². The van der Waals surface area contributed by atoms with Gasteiger partial charge in [0.25, 0.3) is 5.69 Å². The molecule has 0 spiro atoms. The fourth-order valence-corrected chi connectivity index (χ4v) is 2.84. The molecule has 1 saturated heterocycles. The van der Waals surface area contributed by atoms with Crippen LogP contribution in [-0.2, 0) is 14.3 Å². The number of benzene rings is 1. The molecule has 10 heteroatoms. The summed E-state index contributed by atoms with van der Waals surface area (Å²) in [6.07, 6.45) is -1.79. The van der Waals surface area contributed by atoms with Crippen molar-refractivity contribution in [2.75, 3.05) is 6.54 Å². The molecule has 10 nitrogen and oxygen atoms in total. The van der Waals surface area contributed by atoms with E-state index >= 15 is 0 Å². The summed E-state index contributed by atoms with van der Waals surface area (Å²) in [5, 5.41) is 20.3. The number of carboxylic acid groups (broad SMARTS) is 1. The Morgan fingerprint density at radius 3 is 2.29 bits per heavy atom. The first-order chi connectivity index (χ1) is 12.8.